The summed E-state index contributed by atoms with van der Waals surface area (Å²) >= 11 is 0. The van der Waals surface area contributed by atoms with Crippen molar-refractivity contribution in [2.45, 2.75) is 46.5 Å². The first-order valence-electron chi connectivity index (χ1n) is 8.18. The second kappa shape index (κ2) is 9.92. The molecule has 0 aliphatic carbocycles. The van der Waals surface area contributed by atoms with E-state index in [9.17, 15) is 9.59 Å². The quantitative estimate of drug-likeness (QED) is 0.714. The first-order chi connectivity index (χ1) is 10.6. The van der Waals surface area contributed by atoms with Gasteiger partial charge in [0, 0.05) is 19.6 Å². The maximum Gasteiger partial charge on any atom is 0.272 e. The normalized spacial score (nSPS) is 10.3. The number of nitrogens with zero attached hydrogens (tertiary/aromatic N) is 2. The molecule has 0 aliphatic rings. The summed E-state index contributed by atoms with van der Waals surface area (Å²) < 4.78 is 0. The van der Waals surface area contributed by atoms with Crippen molar-refractivity contribution < 1.29 is 9.59 Å². The van der Waals surface area contributed by atoms with Crippen molar-refractivity contribution in [1.82, 2.24) is 15.2 Å². The Morgan fingerprint density at radius 3 is 2.27 bits per heavy atom. The summed E-state index contributed by atoms with van der Waals surface area (Å²) in [6.45, 7) is 8.21. The molecule has 0 aliphatic heterocycles. The molecule has 22 heavy (non-hydrogen) atoms. The van der Waals surface area contributed by atoms with E-state index in [0.29, 0.717) is 31.0 Å². The Kier molecular flexibility index (Phi) is 8.18. The van der Waals surface area contributed by atoms with Gasteiger partial charge in [0.2, 0.25) is 0 Å². The zero-order chi connectivity index (χ0) is 16.4. The van der Waals surface area contributed by atoms with Crippen molar-refractivity contribution in [1.29, 1.82) is 0 Å². The van der Waals surface area contributed by atoms with Crippen LogP contribution in [0.4, 0.5) is 0 Å². The van der Waals surface area contributed by atoms with Gasteiger partial charge in [0.25, 0.3) is 11.8 Å². The lowest BCUT2D eigenvalue weighted by Gasteiger charge is -2.21. The average Bonchev–Trinajstić information content (AvgIpc) is 2.54. The topological polar surface area (TPSA) is 62.3 Å². The van der Waals surface area contributed by atoms with Crippen LogP contribution in [0, 0.1) is 0 Å². The van der Waals surface area contributed by atoms with E-state index in [4.69, 9.17) is 0 Å². The van der Waals surface area contributed by atoms with E-state index in [1.54, 1.807) is 23.1 Å². The molecule has 1 aromatic heterocycles. The van der Waals surface area contributed by atoms with Crippen LogP contribution in [0.2, 0.25) is 0 Å². The zero-order valence-corrected chi connectivity index (χ0v) is 13.9. The summed E-state index contributed by atoms with van der Waals surface area (Å²) in [4.78, 5) is 30.5. The molecular weight excluding hydrogens is 278 g/mol. The summed E-state index contributed by atoms with van der Waals surface area (Å²) in [6.07, 6.45) is 3.77. The highest BCUT2D eigenvalue weighted by Gasteiger charge is 2.17. The second-order valence-corrected chi connectivity index (χ2v) is 5.31. The van der Waals surface area contributed by atoms with Gasteiger partial charge in [-0.05, 0) is 31.4 Å². The van der Waals surface area contributed by atoms with E-state index in [1.807, 2.05) is 13.8 Å². The van der Waals surface area contributed by atoms with Crippen molar-refractivity contribution in [2.75, 3.05) is 19.6 Å². The third-order valence-electron chi connectivity index (χ3n) is 3.29. The number of hydrogen-bond donors (Lipinski definition) is 1. The largest absolute Gasteiger partial charge is 0.351 e. The van der Waals surface area contributed by atoms with Crippen LogP contribution in [0.15, 0.2) is 18.2 Å². The van der Waals surface area contributed by atoms with E-state index < -0.39 is 0 Å². The van der Waals surface area contributed by atoms with Crippen LogP contribution in [-0.4, -0.2) is 41.3 Å². The van der Waals surface area contributed by atoms with Gasteiger partial charge in [0.1, 0.15) is 11.4 Å². The first-order valence-corrected chi connectivity index (χ1v) is 8.18. The molecule has 2 amide bonds. The molecule has 0 fully saturated rings. The average molecular weight is 305 g/mol. The van der Waals surface area contributed by atoms with Crippen molar-refractivity contribution in [3.8, 4) is 0 Å². The van der Waals surface area contributed by atoms with Gasteiger partial charge in [-0.25, -0.2) is 4.98 Å². The fraction of sp³-hybridized carbons (Fsp3) is 0.588. The fourth-order valence-corrected chi connectivity index (χ4v) is 2.17. The van der Waals surface area contributed by atoms with Crippen molar-refractivity contribution >= 4 is 11.8 Å². The maximum atomic E-state index is 12.5. The lowest BCUT2D eigenvalue weighted by molar-refractivity contribution is 0.0749. The highest BCUT2D eigenvalue weighted by Crippen LogP contribution is 2.06. The van der Waals surface area contributed by atoms with Gasteiger partial charge in [-0.2, -0.15) is 0 Å². The highest BCUT2D eigenvalue weighted by atomic mass is 16.2. The molecule has 0 aromatic carbocycles. The summed E-state index contributed by atoms with van der Waals surface area (Å²) in [5.74, 6) is -0.326. The molecule has 122 valence electrons. The third kappa shape index (κ3) is 5.47. The van der Waals surface area contributed by atoms with Gasteiger partial charge < -0.3 is 10.2 Å². The van der Waals surface area contributed by atoms with Gasteiger partial charge in [-0.1, -0.05) is 33.3 Å². The SMILES string of the molecule is CCCCNC(=O)c1cccc(C(=O)N(CCC)CCC)n1. The number of amides is 2. The summed E-state index contributed by atoms with van der Waals surface area (Å²) in [5, 5.41) is 2.82. The molecule has 5 nitrogen and oxygen atoms in total. The monoisotopic (exact) mass is 305 g/mol. The molecule has 0 unspecified atom stereocenters. The molecule has 1 N–H and O–H groups in total. The van der Waals surface area contributed by atoms with E-state index in [2.05, 4.69) is 17.2 Å². The molecule has 0 saturated carbocycles. The van der Waals surface area contributed by atoms with Crippen molar-refractivity contribution in [3.05, 3.63) is 29.6 Å². The molecular formula is C17H27N3O2. The third-order valence-corrected chi connectivity index (χ3v) is 3.29. The Morgan fingerprint density at radius 2 is 1.68 bits per heavy atom. The Hall–Kier alpha value is -1.91. The van der Waals surface area contributed by atoms with Crippen LogP contribution in [0.1, 0.15) is 67.4 Å². The smallest absolute Gasteiger partial charge is 0.272 e. The van der Waals surface area contributed by atoms with Gasteiger partial charge in [-0.3, -0.25) is 9.59 Å². The second-order valence-electron chi connectivity index (χ2n) is 5.31. The number of carbonyl (C=O) groups is 2. The predicted molar refractivity (Wildman–Crippen MR) is 88.0 cm³/mol. The Balaban J connectivity index is 2.81. The predicted octanol–water partition coefficient (Wildman–Crippen LogP) is 2.87. The molecule has 1 heterocycles. The van der Waals surface area contributed by atoms with Gasteiger partial charge in [-0.15, -0.1) is 0 Å². The highest BCUT2D eigenvalue weighted by molar-refractivity contribution is 5.96. The minimum absolute atomic E-state index is 0.105. The lowest BCUT2D eigenvalue weighted by atomic mass is 10.2. The lowest BCUT2D eigenvalue weighted by Crippen LogP contribution is -2.33. The fourth-order valence-electron chi connectivity index (χ4n) is 2.17. The Bertz CT molecular complexity index is 483. The van der Waals surface area contributed by atoms with Crippen molar-refractivity contribution in [2.24, 2.45) is 0 Å². The van der Waals surface area contributed by atoms with Crippen molar-refractivity contribution in [3.63, 3.8) is 0 Å². The van der Waals surface area contributed by atoms with E-state index >= 15 is 0 Å². The van der Waals surface area contributed by atoms with Gasteiger partial charge in [0.05, 0.1) is 0 Å². The number of rotatable bonds is 9. The molecule has 0 saturated heterocycles. The number of hydrogen-bond acceptors (Lipinski definition) is 3. The van der Waals surface area contributed by atoms with Crippen LogP contribution in [-0.2, 0) is 0 Å². The molecule has 0 atom stereocenters. The molecule has 0 bridgehead atoms. The molecule has 5 heteroatoms. The van der Waals surface area contributed by atoms with E-state index in [1.165, 1.54) is 0 Å². The van der Waals surface area contributed by atoms with Gasteiger partial charge >= 0.3 is 0 Å². The van der Waals surface area contributed by atoms with E-state index in [0.717, 1.165) is 25.7 Å². The van der Waals surface area contributed by atoms with Crippen LogP contribution >= 0.6 is 0 Å². The molecule has 1 aromatic rings. The van der Waals surface area contributed by atoms with Crippen LogP contribution < -0.4 is 5.32 Å². The van der Waals surface area contributed by atoms with Crippen LogP contribution in [0.3, 0.4) is 0 Å². The maximum absolute atomic E-state index is 12.5. The number of unbranched alkanes of at least 4 members (excludes halogenated alkanes) is 1. The molecule has 1 rings (SSSR count). The molecule has 0 radical (unpaired) electrons. The Labute approximate surface area is 133 Å². The van der Waals surface area contributed by atoms with Crippen LogP contribution in [0.5, 0.6) is 0 Å². The zero-order valence-electron chi connectivity index (χ0n) is 13.9. The minimum atomic E-state index is -0.222. The van der Waals surface area contributed by atoms with E-state index in [-0.39, 0.29) is 11.8 Å². The minimum Gasteiger partial charge on any atom is -0.351 e. The number of nitrogens with one attached hydrogen (secondary N) is 1. The number of pyridine rings is 1. The van der Waals surface area contributed by atoms with Crippen LogP contribution in [0.25, 0.3) is 0 Å². The summed E-state index contributed by atoms with van der Waals surface area (Å²) in [7, 11) is 0. The first kappa shape index (κ1) is 18.1. The summed E-state index contributed by atoms with van der Waals surface area (Å²) in [6, 6.07) is 5.02. The number of aromatic nitrogens is 1. The standard InChI is InChI=1S/C17H27N3O2/c1-4-7-11-18-16(21)14-9-8-10-15(19-14)17(22)20(12-5-2)13-6-3/h8-10H,4-7,11-13H2,1-3H3,(H,18,21). The van der Waals surface area contributed by atoms with Gasteiger partial charge in [0.15, 0.2) is 0 Å². The Morgan fingerprint density at radius 1 is 1.05 bits per heavy atom. The summed E-state index contributed by atoms with van der Waals surface area (Å²) in [5.41, 5.74) is 0.639. The number of carbonyl (C=O) groups excluding carboxylic acids is 2. The molecule has 0 spiro atoms.